The maximum atomic E-state index is 11.2. The van der Waals surface area contributed by atoms with E-state index in [4.69, 9.17) is 9.47 Å². The fraction of sp³-hybridized carbons (Fsp3) is 0.348. The number of carbonyl (C=O) groups excluding carboxylic acids is 1. The van der Waals surface area contributed by atoms with Gasteiger partial charge in [-0.15, -0.1) is 0 Å². The SMILES string of the molecule is COC(=O)CCCCCOc1nc(N(C)c2ccc(OC)cc2)c2ccccc2n1. The number of ether oxygens (including phenoxy) is 3. The maximum absolute atomic E-state index is 11.2. The van der Waals surface area contributed by atoms with Gasteiger partial charge >= 0.3 is 12.0 Å². The van der Waals surface area contributed by atoms with E-state index in [1.807, 2.05) is 60.5 Å². The van der Waals surface area contributed by atoms with Crippen LogP contribution < -0.4 is 14.4 Å². The minimum Gasteiger partial charge on any atom is -0.497 e. The van der Waals surface area contributed by atoms with E-state index in [1.54, 1.807) is 7.11 Å². The smallest absolute Gasteiger partial charge is 0.318 e. The molecule has 0 N–H and O–H groups in total. The molecule has 0 atom stereocenters. The van der Waals surface area contributed by atoms with E-state index < -0.39 is 0 Å². The van der Waals surface area contributed by atoms with Crippen LogP contribution in [0.1, 0.15) is 25.7 Å². The van der Waals surface area contributed by atoms with Crippen LogP contribution in [-0.2, 0) is 9.53 Å². The van der Waals surface area contributed by atoms with E-state index in [1.165, 1.54) is 7.11 Å². The summed E-state index contributed by atoms with van der Waals surface area (Å²) in [6.45, 7) is 0.491. The number of benzene rings is 2. The molecule has 0 unspecified atom stereocenters. The predicted octanol–water partition coefficient (Wildman–Crippen LogP) is 4.52. The molecule has 158 valence electrons. The Hall–Kier alpha value is -3.35. The predicted molar refractivity (Wildman–Crippen MR) is 117 cm³/mol. The van der Waals surface area contributed by atoms with Gasteiger partial charge in [0.05, 0.1) is 26.3 Å². The quantitative estimate of drug-likeness (QED) is 0.360. The zero-order valence-corrected chi connectivity index (χ0v) is 17.6. The first kappa shape index (κ1) is 21.4. The molecule has 0 spiro atoms. The Morgan fingerprint density at radius 2 is 1.73 bits per heavy atom. The Morgan fingerprint density at radius 1 is 0.967 bits per heavy atom. The number of aromatic nitrogens is 2. The molecule has 3 rings (SSSR count). The van der Waals surface area contributed by atoms with Gasteiger partial charge in [0.2, 0.25) is 0 Å². The van der Waals surface area contributed by atoms with Gasteiger partial charge in [0.15, 0.2) is 0 Å². The number of fused-ring (bicyclic) bond motifs is 1. The van der Waals surface area contributed by atoms with Crippen LogP contribution in [0.25, 0.3) is 10.9 Å². The lowest BCUT2D eigenvalue weighted by Crippen LogP contribution is -2.13. The van der Waals surface area contributed by atoms with Gasteiger partial charge in [-0.25, -0.2) is 0 Å². The first-order valence-electron chi connectivity index (χ1n) is 9.96. The molecule has 30 heavy (non-hydrogen) atoms. The van der Waals surface area contributed by atoms with Crippen LogP contribution in [0.3, 0.4) is 0 Å². The Morgan fingerprint density at radius 3 is 2.47 bits per heavy atom. The van der Waals surface area contributed by atoms with Gasteiger partial charge < -0.3 is 19.1 Å². The van der Waals surface area contributed by atoms with Crippen molar-refractivity contribution in [3.8, 4) is 11.8 Å². The molecule has 3 aromatic rings. The molecule has 0 aliphatic carbocycles. The summed E-state index contributed by atoms with van der Waals surface area (Å²) in [5.74, 6) is 1.39. The molecule has 0 bridgehead atoms. The number of hydrogen-bond acceptors (Lipinski definition) is 7. The topological polar surface area (TPSA) is 73.8 Å². The van der Waals surface area contributed by atoms with Crippen LogP contribution in [-0.4, -0.2) is 43.8 Å². The number of methoxy groups -OCH3 is 2. The Kier molecular flexibility index (Phi) is 7.43. The van der Waals surface area contributed by atoms with Crippen molar-refractivity contribution in [2.45, 2.75) is 25.7 Å². The highest BCUT2D eigenvalue weighted by atomic mass is 16.5. The molecule has 0 aliphatic rings. The Bertz CT molecular complexity index is 976. The van der Waals surface area contributed by atoms with Crippen molar-refractivity contribution in [3.05, 3.63) is 48.5 Å². The highest BCUT2D eigenvalue weighted by molar-refractivity contribution is 5.91. The minimum atomic E-state index is -0.181. The highest BCUT2D eigenvalue weighted by Crippen LogP contribution is 2.31. The summed E-state index contributed by atoms with van der Waals surface area (Å²) >= 11 is 0. The van der Waals surface area contributed by atoms with E-state index in [-0.39, 0.29) is 5.97 Å². The molecular weight excluding hydrogens is 382 g/mol. The number of anilines is 2. The van der Waals surface area contributed by atoms with E-state index in [0.717, 1.165) is 47.4 Å². The second-order valence-corrected chi connectivity index (χ2v) is 6.84. The number of nitrogens with zero attached hydrogens (tertiary/aromatic N) is 3. The van der Waals surface area contributed by atoms with Crippen molar-refractivity contribution < 1.29 is 19.0 Å². The van der Waals surface area contributed by atoms with Gasteiger partial charge in [-0.05, 0) is 55.7 Å². The van der Waals surface area contributed by atoms with Crippen LogP contribution in [0, 0.1) is 0 Å². The third-order valence-corrected chi connectivity index (χ3v) is 4.82. The van der Waals surface area contributed by atoms with Crippen molar-refractivity contribution in [2.24, 2.45) is 0 Å². The second kappa shape index (κ2) is 10.4. The standard InChI is InChI=1S/C23H27N3O4/c1-26(17-12-14-18(28-2)15-13-17)22-19-9-6-7-10-20(19)24-23(25-22)30-16-8-4-5-11-21(27)29-3/h6-7,9-10,12-15H,4-5,8,11,16H2,1-3H3. The highest BCUT2D eigenvalue weighted by Gasteiger charge is 2.14. The van der Waals surface area contributed by atoms with Crippen molar-refractivity contribution in [1.82, 2.24) is 9.97 Å². The van der Waals surface area contributed by atoms with Gasteiger partial charge in [-0.2, -0.15) is 9.97 Å². The van der Waals surface area contributed by atoms with Gasteiger partial charge in [-0.3, -0.25) is 4.79 Å². The Labute approximate surface area is 176 Å². The normalized spacial score (nSPS) is 10.6. The van der Waals surface area contributed by atoms with Crippen molar-refractivity contribution in [3.63, 3.8) is 0 Å². The van der Waals surface area contributed by atoms with Gasteiger partial charge in [0, 0.05) is 24.5 Å². The first-order chi connectivity index (χ1) is 14.6. The largest absolute Gasteiger partial charge is 0.497 e. The molecule has 1 aromatic heterocycles. The molecular formula is C23H27N3O4. The monoisotopic (exact) mass is 409 g/mol. The number of esters is 1. The number of hydrogen-bond donors (Lipinski definition) is 0. The third kappa shape index (κ3) is 5.37. The van der Waals surface area contributed by atoms with Crippen LogP contribution in [0.5, 0.6) is 11.8 Å². The fourth-order valence-corrected chi connectivity index (χ4v) is 3.10. The average Bonchev–Trinajstić information content (AvgIpc) is 2.80. The number of rotatable bonds is 10. The minimum absolute atomic E-state index is 0.181. The molecule has 0 saturated heterocycles. The summed E-state index contributed by atoms with van der Waals surface area (Å²) in [5, 5.41) is 0.946. The molecule has 2 aromatic carbocycles. The summed E-state index contributed by atoms with van der Waals surface area (Å²) in [7, 11) is 5.02. The number of para-hydroxylation sites is 1. The van der Waals surface area contributed by atoms with Gasteiger partial charge in [-0.1, -0.05) is 12.1 Å². The van der Waals surface area contributed by atoms with Crippen LogP contribution in [0.2, 0.25) is 0 Å². The van der Waals surface area contributed by atoms with E-state index in [2.05, 4.69) is 14.7 Å². The molecule has 0 fully saturated rings. The zero-order chi connectivity index (χ0) is 21.3. The number of unbranched alkanes of at least 4 members (excludes halogenated alkanes) is 2. The maximum Gasteiger partial charge on any atom is 0.318 e. The lowest BCUT2D eigenvalue weighted by atomic mass is 10.2. The van der Waals surface area contributed by atoms with E-state index in [0.29, 0.717) is 19.0 Å². The van der Waals surface area contributed by atoms with Crippen molar-refractivity contribution >= 4 is 28.4 Å². The summed E-state index contributed by atoms with van der Waals surface area (Å²) < 4.78 is 15.7. The molecule has 0 aliphatic heterocycles. The van der Waals surface area contributed by atoms with Gasteiger partial charge in [0.25, 0.3) is 0 Å². The molecule has 1 heterocycles. The zero-order valence-electron chi connectivity index (χ0n) is 17.6. The molecule has 7 heteroatoms. The lowest BCUT2D eigenvalue weighted by molar-refractivity contribution is -0.140. The van der Waals surface area contributed by atoms with Crippen LogP contribution >= 0.6 is 0 Å². The van der Waals surface area contributed by atoms with Crippen LogP contribution in [0.15, 0.2) is 48.5 Å². The Balaban J connectivity index is 1.73. The summed E-state index contributed by atoms with van der Waals surface area (Å²) in [6.07, 6.45) is 2.90. The second-order valence-electron chi connectivity index (χ2n) is 6.84. The summed E-state index contributed by atoms with van der Waals surface area (Å²) in [4.78, 5) is 22.4. The lowest BCUT2D eigenvalue weighted by Gasteiger charge is -2.21. The third-order valence-electron chi connectivity index (χ3n) is 4.82. The molecule has 0 radical (unpaired) electrons. The van der Waals surface area contributed by atoms with Gasteiger partial charge in [0.1, 0.15) is 11.6 Å². The number of carbonyl (C=O) groups is 1. The van der Waals surface area contributed by atoms with Crippen molar-refractivity contribution in [2.75, 3.05) is 32.8 Å². The molecule has 7 nitrogen and oxygen atoms in total. The summed E-state index contributed by atoms with van der Waals surface area (Å²) in [6, 6.07) is 16.0. The molecule has 0 amide bonds. The van der Waals surface area contributed by atoms with Crippen LogP contribution in [0.4, 0.5) is 11.5 Å². The fourth-order valence-electron chi connectivity index (χ4n) is 3.10. The van der Waals surface area contributed by atoms with E-state index in [9.17, 15) is 4.79 Å². The first-order valence-corrected chi connectivity index (χ1v) is 9.96. The van der Waals surface area contributed by atoms with Crippen molar-refractivity contribution in [1.29, 1.82) is 0 Å². The molecule has 0 saturated carbocycles. The average molecular weight is 409 g/mol. The summed E-state index contributed by atoms with van der Waals surface area (Å²) in [5.41, 5.74) is 1.80. The van der Waals surface area contributed by atoms with E-state index >= 15 is 0 Å².